The van der Waals surface area contributed by atoms with Crippen molar-refractivity contribution in [2.75, 3.05) is 6.61 Å². The number of carbonyl (C=O) groups excluding carboxylic acids is 3. The number of benzene rings is 2. The second-order valence-electron chi connectivity index (χ2n) is 6.47. The molecule has 0 bridgehead atoms. The zero-order valence-corrected chi connectivity index (χ0v) is 15.3. The van der Waals surface area contributed by atoms with Crippen molar-refractivity contribution in [2.45, 2.75) is 32.0 Å². The molecule has 1 fully saturated rings. The topological polar surface area (TPSA) is 72.9 Å². The molecule has 0 N–H and O–H groups in total. The zero-order valence-electron chi connectivity index (χ0n) is 15.3. The van der Waals surface area contributed by atoms with Gasteiger partial charge >= 0.3 is 11.9 Å². The Morgan fingerprint density at radius 3 is 2.26 bits per heavy atom. The van der Waals surface area contributed by atoms with E-state index in [1.165, 1.54) is 11.8 Å². The summed E-state index contributed by atoms with van der Waals surface area (Å²) in [4.78, 5) is 39.5. The molecule has 6 nitrogen and oxygen atoms in total. The predicted octanol–water partition coefficient (Wildman–Crippen LogP) is 3.10. The van der Waals surface area contributed by atoms with Crippen molar-refractivity contribution in [2.24, 2.45) is 0 Å². The molecule has 1 amide bonds. The molecule has 0 radical (unpaired) electrons. The molecule has 3 rings (SSSR count). The van der Waals surface area contributed by atoms with Crippen LogP contribution < -0.4 is 0 Å². The van der Waals surface area contributed by atoms with Crippen molar-refractivity contribution in [1.29, 1.82) is 0 Å². The Balaban J connectivity index is 2.04. The highest BCUT2D eigenvalue weighted by Crippen LogP contribution is 2.41. The maximum atomic E-state index is 13.3. The summed E-state index contributed by atoms with van der Waals surface area (Å²) in [5.74, 6) is -1.58. The van der Waals surface area contributed by atoms with Crippen LogP contribution in [0.1, 0.15) is 42.4 Å². The molecule has 0 aliphatic carbocycles. The summed E-state index contributed by atoms with van der Waals surface area (Å²) in [7, 11) is 0. The van der Waals surface area contributed by atoms with Crippen LogP contribution in [0.4, 0.5) is 0 Å². The van der Waals surface area contributed by atoms with Gasteiger partial charge in [0.1, 0.15) is 0 Å². The van der Waals surface area contributed by atoms with Gasteiger partial charge in [0.25, 0.3) is 5.91 Å². The predicted molar refractivity (Wildman–Crippen MR) is 97.5 cm³/mol. The molecule has 6 heteroatoms. The summed E-state index contributed by atoms with van der Waals surface area (Å²) >= 11 is 0. The van der Waals surface area contributed by atoms with Gasteiger partial charge in [0.05, 0.1) is 13.0 Å². The summed E-state index contributed by atoms with van der Waals surface area (Å²) < 4.78 is 10.6. The maximum absolute atomic E-state index is 13.3. The van der Waals surface area contributed by atoms with E-state index >= 15 is 0 Å². The summed E-state index contributed by atoms with van der Waals surface area (Å²) in [6.07, 6.45) is -1.19. The lowest BCUT2D eigenvalue weighted by Crippen LogP contribution is -2.51. The summed E-state index contributed by atoms with van der Waals surface area (Å²) in [5.41, 5.74) is -0.394. The molecule has 1 aliphatic rings. The number of nitrogens with zero attached hydrogens (tertiary/aromatic N) is 1. The van der Waals surface area contributed by atoms with E-state index in [0.29, 0.717) is 11.1 Å². The van der Waals surface area contributed by atoms with Crippen LogP contribution >= 0.6 is 0 Å². The first-order chi connectivity index (χ1) is 13.0. The quantitative estimate of drug-likeness (QED) is 0.760. The van der Waals surface area contributed by atoms with Crippen LogP contribution in [0, 0.1) is 0 Å². The molecular weight excluding hydrogens is 346 g/mol. The van der Waals surface area contributed by atoms with Crippen LogP contribution in [0.3, 0.4) is 0 Å². The average molecular weight is 367 g/mol. The van der Waals surface area contributed by atoms with Gasteiger partial charge in [0, 0.05) is 11.1 Å². The van der Waals surface area contributed by atoms with E-state index in [1.54, 1.807) is 61.5 Å². The van der Waals surface area contributed by atoms with E-state index in [1.807, 2.05) is 6.07 Å². The lowest BCUT2D eigenvalue weighted by Gasteiger charge is -2.33. The Morgan fingerprint density at radius 2 is 1.67 bits per heavy atom. The van der Waals surface area contributed by atoms with Crippen LogP contribution in [0.2, 0.25) is 0 Å². The Morgan fingerprint density at radius 1 is 1.07 bits per heavy atom. The Bertz CT molecular complexity index is 836. The van der Waals surface area contributed by atoms with Gasteiger partial charge in [-0.1, -0.05) is 48.5 Å². The lowest BCUT2D eigenvalue weighted by molar-refractivity contribution is -0.152. The minimum Gasteiger partial charge on any atom is -0.466 e. The van der Waals surface area contributed by atoms with Crippen LogP contribution in [0.15, 0.2) is 60.7 Å². The van der Waals surface area contributed by atoms with Gasteiger partial charge in [-0.3, -0.25) is 14.5 Å². The second-order valence-corrected chi connectivity index (χ2v) is 6.47. The molecule has 2 aromatic carbocycles. The Labute approximate surface area is 157 Å². The van der Waals surface area contributed by atoms with Crippen LogP contribution in [0.5, 0.6) is 0 Å². The molecule has 2 atom stereocenters. The molecule has 1 saturated heterocycles. The van der Waals surface area contributed by atoms with Gasteiger partial charge in [0.2, 0.25) is 6.23 Å². The first kappa shape index (κ1) is 18.6. The molecule has 0 saturated carbocycles. The fraction of sp³-hybridized carbons (Fsp3) is 0.286. The number of hydrogen-bond donors (Lipinski definition) is 0. The minimum atomic E-state index is -1.46. The van der Waals surface area contributed by atoms with Crippen molar-refractivity contribution in [3.8, 4) is 0 Å². The fourth-order valence-corrected chi connectivity index (χ4v) is 3.17. The van der Waals surface area contributed by atoms with Crippen molar-refractivity contribution < 1.29 is 23.9 Å². The molecule has 0 aromatic heterocycles. The van der Waals surface area contributed by atoms with Crippen molar-refractivity contribution >= 4 is 17.8 Å². The SMILES string of the molecule is CCOC(=O)CC1(C)C(=O)OC(c2ccccc2)N1C(=O)c1ccccc1. The number of amides is 1. The first-order valence-corrected chi connectivity index (χ1v) is 8.77. The number of carbonyl (C=O) groups is 3. The third-order valence-corrected chi connectivity index (χ3v) is 4.54. The Kier molecular flexibility index (Phi) is 5.26. The van der Waals surface area contributed by atoms with Crippen LogP contribution in [-0.4, -0.2) is 34.9 Å². The largest absolute Gasteiger partial charge is 0.466 e. The lowest BCUT2D eigenvalue weighted by atomic mass is 9.94. The van der Waals surface area contributed by atoms with Gasteiger partial charge in [-0.15, -0.1) is 0 Å². The highest BCUT2D eigenvalue weighted by atomic mass is 16.6. The molecule has 2 unspecified atom stereocenters. The first-order valence-electron chi connectivity index (χ1n) is 8.77. The van der Waals surface area contributed by atoms with Crippen molar-refractivity contribution in [3.05, 3.63) is 71.8 Å². The normalized spacial score (nSPS) is 21.6. The van der Waals surface area contributed by atoms with Gasteiger partial charge < -0.3 is 9.47 Å². The maximum Gasteiger partial charge on any atom is 0.334 e. The number of ether oxygens (including phenoxy) is 2. The minimum absolute atomic E-state index is 0.193. The summed E-state index contributed by atoms with van der Waals surface area (Å²) in [6.45, 7) is 3.42. The number of hydrogen-bond acceptors (Lipinski definition) is 5. The molecule has 1 aliphatic heterocycles. The van der Waals surface area contributed by atoms with Crippen molar-refractivity contribution in [1.82, 2.24) is 4.90 Å². The molecule has 1 heterocycles. The second kappa shape index (κ2) is 7.61. The third-order valence-electron chi connectivity index (χ3n) is 4.54. The van der Waals surface area contributed by atoms with Crippen molar-refractivity contribution in [3.63, 3.8) is 0 Å². The van der Waals surface area contributed by atoms with Crippen LogP contribution in [0.25, 0.3) is 0 Å². The highest BCUT2D eigenvalue weighted by molar-refractivity contribution is 6.01. The molecule has 2 aromatic rings. The highest BCUT2D eigenvalue weighted by Gasteiger charge is 2.56. The standard InChI is InChI=1S/C21H21NO5/c1-3-26-17(23)14-21(2)20(25)27-19(16-12-8-5-9-13-16)22(21)18(24)15-10-6-4-7-11-15/h4-13,19H,3,14H2,1-2H3. The van der Waals surface area contributed by atoms with E-state index in [4.69, 9.17) is 9.47 Å². The smallest absolute Gasteiger partial charge is 0.334 e. The van der Waals surface area contributed by atoms with E-state index in [9.17, 15) is 14.4 Å². The van der Waals surface area contributed by atoms with Crippen LogP contribution in [-0.2, 0) is 19.1 Å². The van der Waals surface area contributed by atoms with Gasteiger partial charge in [-0.05, 0) is 26.0 Å². The van der Waals surface area contributed by atoms with Gasteiger partial charge in [-0.25, -0.2) is 4.79 Å². The third kappa shape index (κ3) is 3.56. The molecule has 27 heavy (non-hydrogen) atoms. The zero-order chi connectivity index (χ0) is 19.4. The van der Waals surface area contributed by atoms with Gasteiger partial charge in [-0.2, -0.15) is 0 Å². The average Bonchev–Trinajstić information content (AvgIpc) is 2.93. The van der Waals surface area contributed by atoms with E-state index < -0.39 is 23.7 Å². The number of esters is 2. The number of cyclic esters (lactones) is 1. The molecule has 140 valence electrons. The summed E-state index contributed by atoms with van der Waals surface area (Å²) in [6, 6.07) is 17.6. The molecular formula is C21H21NO5. The Hall–Kier alpha value is -3.15. The van der Waals surface area contributed by atoms with E-state index in [-0.39, 0.29) is 18.9 Å². The number of rotatable bonds is 5. The van der Waals surface area contributed by atoms with E-state index in [2.05, 4.69) is 0 Å². The monoisotopic (exact) mass is 367 g/mol. The van der Waals surface area contributed by atoms with E-state index in [0.717, 1.165) is 0 Å². The molecule has 0 spiro atoms. The van der Waals surface area contributed by atoms with Gasteiger partial charge in [0.15, 0.2) is 5.54 Å². The fourth-order valence-electron chi connectivity index (χ4n) is 3.17. The summed E-state index contributed by atoms with van der Waals surface area (Å²) in [5, 5.41) is 0.